The molecule has 0 aliphatic rings. The Morgan fingerprint density at radius 1 is 0.800 bits per heavy atom. The van der Waals surface area contributed by atoms with Crippen LogP contribution in [0.5, 0.6) is 0 Å². The Morgan fingerprint density at radius 2 is 1.56 bits per heavy atom. The Kier molecular flexibility index (Phi) is 3.39. The molecule has 0 amide bonds. The highest BCUT2D eigenvalue weighted by molar-refractivity contribution is 7.21. The summed E-state index contributed by atoms with van der Waals surface area (Å²) in [6, 6.07) is 27.5. The van der Waals surface area contributed by atoms with E-state index in [-0.39, 0.29) is 0 Å². The van der Waals surface area contributed by atoms with Crippen LogP contribution in [0.2, 0.25) is 0 Å². The van der Waals surface area contributed by atoms with E-state index in [9.17, 15) is 0 Å². The summed E-state index contributed by atoms with van der Waals surface area (Å²) in [5.41, 5.74) is 4.84. The number of benzene rings is 3. The van der Waals surface area contributed by atoms with E-state index in [0.717, 1.165) is 17.1 Å². The molecule has 5 rings (SSSR count). The first-order valence-corrected chi connectivity index (χ1v) is 9.18. The van der Waals surface area contributed by atoms with Gasteiger partial charge in [0.2, 0.25) is 0 Å². The molecular weight excluding hydrogens is 324 g/mol. The summed E-state index contributed by atoms with van der Waals surface area (Å²) >= 11 is 1.76. The Hall–Kier alpha value is -2.91. The van der Waals surface area contributed by atoms with Gasteiger partial charge in [0, 0.05) is 29.2 Å². The Bertz CT molecular complexity index is 1140. The van der Waals surface area contributed by atoms with E-state index in [0.29, 0.717) is 0 Å². The molecule has 3 aromatic carbocycles. The zero-order valence-electron chi connectivity index (χ0n) is 13.6. The van der Waals surface area contributed by atoms with Gasteiger partial charge in [-0.05, 0) is 23.8 Å². The molecule has 0 aliphatic heterocycles. The quantitative estimate of drug-likeness (QED) is 0.396. The van der Waals surface area contributed by atoms with Gasteiger partial charge in [0.15, 0.2) is 0 Å². The first kappa shape index (κ1) is 14.4. The summed E-state index contributed by atoms with van der Waals surface area (Å²) in [5.74, 6) is 0. The lowest BCUT2D eigenvalue weighted by Gasteiger charge is -2.05. The van der Waals surface area contributed by atoms with Crippen LogP contribution in [0.1, 0.15) is 5.56 Å². The fourth-order valence-electron chi connectivity index (χ4n) is 3.32. The highest BCUT2D eigenvalue weighted by Gasteiger charge is 2.14. The summed E-state index contributed by atoms with van der Waals surface area (Å²) < 4.78 is 3.56. The highest BCUT2D eigenvalue weighted by Crippen LogP contribution is 2.36. The van der Waals surface area contributed by atoms with Crippen molar-refractivity contribution in [3.05, 3.63) is 90.6 Å². The maximum atomic E-state index is 4.86. The summed E-state index contributed by atoms with van der Waals surface area (Å²) in [6.07, 6.45) is 2.25. The van der Waals surface area contributed by atoms with Gasteiger partial charge in [0.1, 0.15) is 5.01 Å². The minimum atomic E-state index is 0.867. The van der Waals surface area contributed by atoms with Crippen molar-refractivity contribution in [3.8, 4) is 10.6 Å². The number of nitrogens with zero attached hydrogens (tertiary/aromatic N) is 2. The van der Waals surface area contributed by atoms with Crippen LogP contribution in [0.15, 0.2) is 85.1 Å². The topological polar surface area (TPSA) is 17.8 Å². The Morgan fingerprint density at radius 3 is 2.44 bits per heavy atom. The molecule has 0 atom stereocenters. The molecule has 120 valence electrons. The molecular formula is C22H16N2S. The second-order valence-electron chi connectivity index (χ2n) is 6.16. The van der Waals surface area contributed by atoms with Crippen LogP contribution < -0.4 is 0 Å². The standard InChI is InChI=1S/C22H16N2S/c1-2-8-16(9-3-1)14-24-15-18(17-10-4-6-12-20(17)24)22-23-19-11-5-7-13-21(19)25-22/h1-13,15H,14H2. The number of fused-ring (bicyclic) bond motifs is 2. The first-order valence-electron chi connectivity index (χ1n) is 8.36. The fourth-order valence-corrected chi connectivity index (χ4v) is 4.31. The number of aromatic nitrogens is 2. The molecule has 0 spiro atoms. The van der Waals surface area contributed by atoms with Crippen molar-refractivity contribution >= 4 is 32.5 Å². The van der Waals surface area contributed by atoms with Crippen LogP contribution in [0.3, 0.4) is 0 Å². The average Bonchev–Trinajstić information content (AvgIpc) is 3.24. The molecule has 25 heavy (non-hydrogen) atoms. The number of rotatable bonds is 3. The molecule has 0 N–H and O–H groups in total. The first-order chi connectivity index (χ1) is 12.4. The molecule has 0 saturated carbocycles. The van der Waals surface area contributed by atoms with Gasteiger partial charge in [-0.3, -0.25) is 0 Å². The second kappa shape index (κ2) is 5.87. The molecule has 5 aromatic rings. The maximum Gasteiger partial charge on any atom is 0.126 e. The zero-order chi connectivity index (χ0) is 16.6. The van der Waals surface area contributed by atoms with Gasteiger partial charge < -0.3 is 4.57 Å². The lowest BCUT2D eigenvalue weighted by atomic mass is 10.2. The minimum absolute atomic E-state index is 0.867. The van der Waals surface area contributed by atoms with Crippen LogP contribution in [0.4, 0.5) is 0 Å². The molecule has 3 heteroatoms. The predicted octanol–water partition coefficient (Wildman–Crippen LogP) is 5.97. The van der Waals surface area contributed by atoms with Crippen molar-refractivity contribution in [1.82, 2.24) is 9.55 Å². The van der Waals surface area contributed by atoms with Gasteiger partial charge in [-0.2, -0.15) is 0 Å². The monoisotopic (exact) mass is 340 g/mol. The van der Waals surface area contributed by atoms with Gasteiger partial charge in [-0.15, -0.1) is 11.3 Å². The SMILES string of the molecule is c1ccc(Cn2cc(-c3nc4ccccc4s3)c3ccccc32)cc1. The number of thiazole rings is 1. The van der Waals surface area contributed by atoms with Gasteiger partial charge in [0.25, 0.3) is 0 Å². The van der Waals surface area contributed by atoms with E-state index in [2.05, 4.69) is 83.6 Å². The van der Waals surface area contributed by atoms with Gasteiger partial charge in [-0.1, -0.05) is 60.7 Å². The molecule has 0 saturated heterocycles. The van der Waals surface area contributed by atoms with Crippen LogP contribution in [0.25, 0.3) is 31.7 Å². The molecule has 0 radical (unpaired) electrons. The average molecular weight is 340 g/mol. The van der Waals surface area contributed by atoms with Crippen LogP contribution >= 0.6 is 11.3 Å². The summed E-state index contributed by atoms with van der Waals surface area (Å²) in [6.45, 7) is 0.867. The number of para-hydroxylation sites is 2. The van der Waals surface area contributed by atoms with Crippen LogP contribution in [0, 0.1) is 0 Å². The fraction of sp³-hybridized carbons (Fsp3) is 0.0455. The number of hydrogen-bond acceptors (Lipinski definition) is 2. The predicted molar refractivity (Wildman–Crippen MR) is 106 cm³/mol. The minimum Gasteiger partial charge on any atom is -0.342 e. The molecule has 0 bridgehead atoms. The van der Waals surface area contributed by atoms with Crippen molar-refractivity contribution < 1.29 is 0 Å². The lowest BCUT2D eigenvalue weighted by molar-refractivity contribution is 0.837. The third kappa shape index (κ3) is 2.53. The summed E-state index contributed by atoms with van der Waals surface area (Å²) in [7, 11) is 0. The van der Waals surface area contributed by atoms with Crippen molar-refractivity contribution in [2.75, 3.05) is 0 Å². The van der Waals surface area contributed by atoms with Gasteiger partial charge in [0.05, 0.1) is 10.2 Å². The normalized spacial score (nSPS) is 11.4. The second-order valence-corrected chi connectivity index (χ2v) is 7.19. The molecule has 0 unspecified atom stereocenters. The van der Waals surface area contributed by atoms with Gasteiger partial charge >= 0.3 is 0 Å². The Balaban J connectivity index is 1.68. The largest absolute Gasteiger partial charge is 0.342 e. The Labute approximate surface area is 150 Å². The van der Waals surface area contributed by atoms with Crippen molar-refractivity contribution in [2.45, 2.75) is 6.54 Å². The molecule has 0 aliphatic carbocycles. The van der Waals surface area contributed by atoms with Crippen molar-refractivity contribution in [3.63, 3.8) is 0 Å². The van der Waals surface area contributed by atoms with E-state index in [1.807, 2.05) is 6.07 Å². The highest BCUT2D eigenvalue weighted by atomic mass is 32.1. The van der Waals surface area contributed by atoms with E-state index in [4.69, 9.17) is 4.98 Å². The smallest absolute Gasteiger partial charge is 0.126 e. The third-order valence-corrected chi connectivity index (χ3v) is 5.58. The molecule has 2 aromatic heterocycles. The van der Waals surface area contributed by atoms with Gasteiger partial charge in [-0.25, -0.2) is 4.98 Å². The number of hydrogen-bond donors (Lipinski definition) is 0. The van der Waals surface area contributed by atoms with Crippen LogP contribution in [-0.2, 0) is 6.54 Å². The van der Waals surface area contributed by atoms with E-state index in [1.165, 1.54) is 26.7 Å². The lowest BCUT2D eigenvalue weighted by Crippen LogP contribution is -1.97. The third-order valence-electron chi connectivity index (χ3n) is 4.51. The zero-order valence-corrected chi connectivity index (χ0v) is 14.4. The molecule has 2 nitrogen and oxygen atoms in total. The molecule has 0 fully saturated rings. The summed E-state index contributed by atoms with van der Waals surface area (Å²) in [5, 5.41) is 2.35. The molecule has 2 heterocycles. The maximum absolute atomic E-state index is 4.86. The van der Waals surface area contributed by atoms with E-state index < -0.39 is 0 Å². The van der Waals surface area contributed by atoms with Crippen molar-refractivity contribution in [1.29, 1.82) is 0 Å². The van der Waals surface area contributed by atoms with E-state index >= 15 is 0 Å². The van der Waals surface area contributed by atoms with Crippen LogP contribution in [-0.4, -0.2) is 9.55 Å². The summed E-state index contributed by atoms with van der Waals surface area (Å²) in [4.78, 5) is 4.86. The van der Waals surface area contributed by atoms with E-state index in [1.54, 1.807) is 11.3 Å². The van der Waals surface area contributed by atoms with Crippen molar-refractivity contribution in [2.24, 2.45) is 0 Å².